The molecule has 104 heavy (non-hydrogen) atoms. The van der Waals surface area contributed by atoms with Crippen LogP contribution in [0.25, 0.3) is 4.85 Å². The number of hydrogen-bond acceptors (Lipinski definition) is 3. The van der Waals surface area contributed by atoms with E-state index in [2.05, 4.69) is 217 Å². The van der Waals surface area contributed by atoms with Crippen LogP contribution < -0.4 is 43.1 Å². The van der Waals surface area contributed by atoms with Crippen LogP contribution in [0.5, 0.6) is 0 Å². The van der Waals surface area contributed by atoms with Crippen LogP contribution in [0.1, 0.15) is 94.6 Å². The molecule has 0 aliphatic rings. The van der Waals surface area contributed by atoms with Gasteiger partial charge in [0.25, 0.3) is 0 Å². The molecule has 12 rings (SSSR count). The topological polar surface area (TPSA) is 62.3 Å². The first-order chi connectivity index (χ1) is 49.3. The van der Waals surface area contributed by atoms with Crippen molar-refractivity contribution in [3.05, 3.63) is 385 Å². The second-order valence-electron chi connectivity index (χ2n) is 27.3. The quantitative estimate of drug-likeness (QED) is 0.0865. The van der Waals surface area contributed by atoms with Crippen molar-refractivity contribution in [2.45, 2.75) is 124 Å². The molecule has 0 saturated heterocycles. The number of benzene rings is 12. The summed E-state index contributed by atoms with van der Waals surface area (Å²) in [5.41, 5.74) is 26.5. The molecule has 0 aliphatic carbocycles. The average Bonchev–Trinajstić information content (AvgIpc) is 0.758. The number of nitrogens with zero attached hydrogens (tertiary/aromatic N) is 2. The molecule has 0 atom stereocenters. The Morgan fingerprint density at radius 1 is 0.337 bits per heavy atom. The SMILES string of the molecule is CB(c1c(C)cc(C)cc1C)c1c(C)cc(C)cc1C.CB(c1ccccc1)c1ccccc1.CP(=O)(c1ccccc1)c1ccccc1.Cc1cc(C)c(P(C)(=O)c2c(C)cc(C)cc2C)c(C)c1.Cc1ccc(C#N)cc1.Cc1cccc(F)c1.Cc1ccccc1F.[C-]#[N+]c1ccccc1C. The van der Waals surface area contributed by atoms with E-state index >= 15 is 0 Å². The van der Waals surface area contributed by atoms with Gasteiger partial charge in [-0.15, -0.1) is 0 Å². The van der Waals surface area contributed by atoms with E-state index in [-0.39, 0.29) is 11.6 Å². The molecular formula is C94H104B2F2N2O2P2. The smallest absolute Gasteiger partial charge is 0.207 e. The summed E-state index contributed by atoms with van der Waals surface area (Å²) in [5, 5.41) is 12.3. The summed E-state index contributed by atoms with van der Waals surface area (Å²) in [6, 6.07) is 88.5. The Morgan fingerprint density at radius 3 is 0.971 bits per heavy atom. The highest BCUT2D eigenvalue weighted by Gasteiger charge is 2.29. The molecule has 0 aliphatic heterocycles. The second kappa shape index (κ2) is 41.4. The molecule has 10 heteroatoms. The molecule has 0 aromatic heterocycles. The third-order valence-corrected chi connectivity index (χ3v) is 23.7. The summed E-state index contributed by atoms with van der Waals surface area (Å²) in [4.78, 5) is 3.32. The molecule has 12 aromatic rings. The van der Waals surface area contributed by atoms with Crippen LogP contribution in [-0.4, -0.2) is 26.8 Å². The van der Waals surface area contributed by atoms with Gasteiger partial charge in [-0.05, 0) is 193 Å². The van der Waals surface area contributed by atoms with Crippen molar-refractivity contribution in [3.8, 4) is 6.07 Å². The Balaban J connectivity index is 0.000000219. The largest absolute Gasteiger partial charge is 0.314 e. The maximum Gasteiger partial charge on any atom is 0.207 e. The molecule has 12 aromatic carbocycles. The molecule has 4 nitrogen and oxygen atoms in total. The fourth-order valence-corrected chi connectivity index (χ4v) is 18.4. The van der Waals surface area contributed by atoms with Crippen LogP contribution in [0.2, 0.25) is 13.6 Å². The number of halogens is 2. The van der Waals surface area contributed by atoms with E-state index in [4.69, 9.17) is 11.8 Å². The van der Waals surface area contributed by atoms with Crippen LogP contribution >= 0.6 is 14.3 Å². The van der Waals surface area contributed by atoms with E-state index in [1.165, 1.54) is 90.1 Å². The molecule has 0 radical (unpaired) electrons. The van der Waals surface area contributed by atoms with Crippen molar-refractivity contribution in [1.29, 1.82) is 5.26 Å². The first-order valence-corrected chi connectivity index (χ1v) is 39.6. The van der Waals surface area contributed by atoms with Gasteiger partial charge in [0.15, 0.2) is 5.69 Å². The summed E-state index contributed by atoms with van der Waals surface area (Å²) < 4.78 is 50.8. The van der Waals surface area contributed by atoms with E-state index in [1.54, 1.807) is 25.1 Å². The minimum absolute atomic E-state index is 0.132. The molecule has 0 amide bonds. The highest BCUT2D eigenvalue weighted by Crippen LogP contribution is 2.44. The fraction of sp³-hybridized carbons (Fsp3) is 0.213. The van der Waals surface area contributed by atoms with E-state index < -0.39 is 14.3 Å². The number of nitriles is 1. The van der Waals surface area contributed by atoms with Crippen molar-refractivity contribution in [2.24, 2.45) is 0 Å². The van der Waals surface area contributed by atoms with Crippen molar-refractivity contribution >= 4 is 76.5 Å². The highest BCUT2D eigenvalue weighted by atomic mass is 31.2. The maximum atomic E-state index is 13.7. The van der Waals surface area contributed by atoms with E-state index in [0.29, 0.717) is 19.0 Å². The van der Waals surface area contributed by atoms with E-state index in [0.717, 1.165) is 65.8 Å². The molecular weight excluding hydrogens is 1310 g/mol. The van der Waals surface area contributed by atoms with Crippen molar-refractivity contribution in [2.75, 3.05) is 13.3 Å². The van der Waals surface area contributed by atoms with Gasteiger partial charge in [-0.3, -0.25) is 0 Å². The third-order valence-electron chi connectivity index (χ3n) is 18.0. The van der Waals surface area contributed by atoms with Crippen LogP contribution in [0.4, 0.5) is 14.5 Å². The minimum atomic E-state index is -2.59. The Morgan fingerprint density at radius 2 is 0.673 bits per heavy atom. The lowest BCUT2D eigenvalue weighted by Crippen LogP contribution is -2.45. The third kappa shape index (κ3) is 25.8. The Labute approximate surface area is 624 Å². The van der Waals surface area contributed by atoms with Crippen LogP contribution in [0.15, 0.2) is 267 Å². The Kier molecular flexibility index (Phi) is 33.7. The molecule has 0 fully saturated rings. The van der Waals surface area contributed by atoms with Crippen LogP contribution in [0.3, 0.4) is 0 Å². The Hall–Kier alpha value is -9.93. The zero-order valence-corrected chi connectivity index (χ0v) is 66.7. The monoisotopic (exact) mass is 1410 g/mol. The molecule has 0 saturated carbocycles. The second-order valence-corrected chi connectivity index (χ2v) is 33.0. The van der Waals surface area contributed by atoms with E-state index in [1.807, 2.05) is 155 Å². The van der Waals surface area contributed by atoms with Gasteiger partial charge in [0.1, 0.15) is 25.9 Å². The van der Waals surface area contributed by atoms with Crippen LogP contribution in [-0.2, 0) is 9.13 Å². The predicted molar refractivity (Wildman–Crippen MR) is 451 cm³/mol. The maximum absolute atomic E-state index is 13.7. The van der Waals surface area contributed by atoms with E-state index in [9.17, 15) is 17.9 Å². The predicted octanol–water partition coefficient (Wildman–Crippen LogP) is 21.5. The van der Waals surface area contributed by atoms with Crippen molar-refractivity contribution in [3.63, 3.8) is 0 Å². The molecule has 0 N–H and O–H groups in total. The molecule has 0 unspecified atom stereocenters. The summed E-state index contributed by atoms with van der Waals surface area (Å²) in [7, 11) is -4.98. The van der Waals surface area contributed by atoms with Crippen LogP contribution in [0, 0.1) is 140 Å². The number of hydrogen-bond donors (Lipinski definition) is 0. The van der Waals surface area contributed by atoms with Crippen molar-refractivity contribution < 1.29 is 17.9 Å². The summed E-state index contributed by atoms with van der Waals surface area (Å²) >= 11 is 0. The molecule has 532 valence electrons. The lowest BCUT2D eigenvalue weighted by molar-refractivity contribution is 0.589. The first kappa shape index (κ1) is 84.7. The average molecular weight is 1420 g/mol. The van der Waals surface area contributed by atoms with Gasteiger partial charge >= 0.3 is 0 Å². The lowest BCUT2D eigenvalue weighted by atomic mass is 9.39. The van der Waals surface area contributed by atoms with Gasteiger partial charge in [0.05, 0.1) is 18.2 Å². The molecule has 0 heterocycles. The van der Waals surface area contributed by atoms with Gasteiger partial charge in [-0.2, -0.15) is 5.26 Å². The number of aryl methyl sites for hydroxylation is 16. The fourth-order valence-electron chi connectivity index (χ4n) is 13.4. The first-order valence-electron chi connectivity index (χ1n) is 35.3. The number of para-hydroxylation sites is 1. The summed E-state index contributed by atoms with van der Waals surface area (Å²) in [6.45, 7) is 49.3. The van der Waals surface area contributed by atoms with Gasteiger partial charge in [-0.25, -0.2) is 13.6 Å². The normalized spacial score (nSPS) is 10.3. The highest BCUT2D eigenvalue weighted by molar-refractivity contribution is 7.78. The van der Waals surface area contributed by atoms with Gasteiger partial charge in [0.2, 0.25) is 13.4 Å². The zero-order valence-electron chi connectivity index (χ0n) is 64.9. The molecule has 0 spiro atoms. The standard InChI is InChI=1S/C19H25B.C19H25OP.C13H13B.C13H13OP.2C8H7N.2C7H7F/c1-12-8-14(3)18(15(4)9-12)20(7)19-16(5)10-13(2)11-17(19)6;1-12-8-14(3)18(15(4)9-12)21(7,20)19-16(5)10-13(2)11-17(19)6;1-14(12-8-4-2-5-9-12)13-10-6-3-7-11-13;1-15(14,12-8-4-2-5-9-12)13-10-6-3-7-11-13;1-7-5-3-4-6-8(7)9-2;1-7-2-4-8(6-9)5-3-7;1-6-3-2-4-7(8)5-6;1-6-4-2-3-5-7(6)8/h8-11H,1-7H3;8-11H,1-7H3;2-11H,1H3;2-11H,1H3;3-6H,1H3;2-5H,1H3;2*2-5H,1H3. The Bertz CT molecular complexity index is 4580. The van der Waals surface area contributed by atoms with Gasteiger partial charge in [-0.1, -0.05) is 322 Å². The molecule has 0 bridgehead atoms. The van der Waals surface area contributed by atoms with Gasteiger partial charge < -0.3 is 9.13 Å². The minimum Gasteiger partial charge on any atom is -0.314 e. The zero-order chi connectivity index (χ0) is 76.8. The number of rotatable bonds is 8. The van der Waals surface area contributed by atoms with Gasteiger partial charge in [0, 0.05) is 21.2 Å². The summed E-state index contributed by atoms with van der Waals surface area (Å²) in [6.07, 6.45) is 0. The van der Waals surface area contributed by atoms with Crippen molar-refractivity contribution in [1.82, 2.24) is 0 Å². The lowest BCUT2D eigenvalue weighted by Gasteiger charge is -2.23. The summed E-state index contributed by atoms with van der Waals surface area (Å²) in [5.74, 6) is -0.294.